The van der Waals surface area contributed by atoms with E-state index in [4.69, 9.17) is 9.16 Å². The van der Waals surface area contributed by atoms with Crippen molar-refractivity contribution in [2.75, 3.05) is 11.4 Å². The number of ether oxygens (including phenoxy) is 1. The van der Waals surface area contributed by atoms with Crippen molar-refractivity contribution >= 4 is 36.8 Å². The second-order valence-electron chi connectivity index (χ2n) is 11.0. The van der Waals surface area contributed by atoms with Gasteiger partial charge in [0.2, 0.25) is 14.2 Å². The van der Waals surface area contributed by atoms with Crippen LogP contribution in [-0.2, 0) is 9.53 Å². The zero-order chi connectivity index (χ0) is 23.9. The number of carbonyl (C=O) groups is 2. The van der Waals surface area contributed by atoms with Crippen LogP contribution in [0.2, 0.25) is 18.1 Å². The summed E-state index contributed by atoms with van der Waals surface area (Å²) in [5, 5.41) is 4.82. The number of nitrogens with one attached hydrogen (secondary N) is 1. The second-order valence-corrected chi connectivity index (χ2v) is 15.7. The third kappa shape index (κ3) is 5.26. The summed E-state index contributed by atoms with van der Waals surface area (Å²) in [6.07, 6.45) is -0.0325. The van der Waals surface area contributed by atoms with E-state index in [9.17, 15) is 9.59 Å². The van der Waals surface area contributed by atoms with E-state index in [0.717, 1.165) is 22.2 Å². The number of rotatable bonds is 4. The fraction of sp³-hybridized carbons (Fsp3) is 0.520. The number of hydrogen-bond donors (Lipinski definition) is 1. The molecule has 0 aliphatic carbocycles. The minimum absolute atomic E-state index is 0.0902. The maximum absolute atomic E-state index is 13.1. The Morgan fingerprint density at radius 2 is 1.78 bits per heavy atom. The highest BCUT2D eigenvalue weighted by molar-refractivity contribution is 6.74. The van der Waals surface area contributed by atoms with Crippen LogP contribution in [0.5, 0.6) is 5.75 Å². The molecule has 1 saturated heterocycles. The third-order valence-corrected chi connectivity index (χ3v) is 10.6. The van der Waals surface area contributed by atoms with Crippen LogP contribution in [0.1, 0.15) is 48.0 Å². The number of carbonyl (C=O) groups excluding carboxylic acids is 2. The molecule has 2 aromatic rings. The van der Waals surface area contributed by atoms with Crippen molar-refractivity contribution in [1.29, 1.82) is 0 Å². The number of hydrogen-bond acceptors (Lipinski definition) is 4. The molecule has 1 heterocycles. The van der Waals surface area contributed by atoms with Crippen LogP contribution in [0.3, 0.4) is 0 Å². The van der Waals surface area contributed by atoms with E-state index < -0.39 is 26.1 Å². The quantitative estimate of drug-likeness (QED) is 0.586. The fourth-order valence-corrected chi connectivity index (χ4v) is 4.51. The van der Waals surface area contributed by atoms with Crippen molar-refractivity contribution in [1.82, 2.24) is 5.32 Å². The minimum Gasteiger partial charge on any atom is -0.543 e. The average Bonchev–Trinajstić information content (AvgIpc) is 2.98. The second kappa shape index (κ2) is 8.43. The Kier molecular flexibility index (Phi) is 6.35. The molecule has 2 amide bonds. The van der Waals surface area contributed by atoms with E-state index in [2.05, 4.69) is 39.2 Å². The van der Waals surface area contributed by atoms with Crippen molar-refractivity contribution < 1.29 is 18.8 Å². The highest BCUT2D eigenvalue weighted by Crippen LogP contribution is 2.39. The van der Waals surface area contributed by atoms with E-state index in [-0.39, 0.29) is 10.9 Å². The summed E-state index contributed by atoms with van der Waals surface area (Å²) < 4.78 is 11.8. The lowest BCUT2D eigenvalue weighted by Crippen LogP contribution is -2.44. The molecular weight excluding hydrogens is 420 g/mol. The van der Waals surface area contributed by atoms with Gasteiger partial charge in [-0.2, -0.15) is 0 Å². The molecule has 0 unspecified atom stereocenters. The molecule has 6 nitrogen and oxygen atoms in total. The summed E-state index contributed by atoms with van der Waals surface area (Å²) in [7, 11) is -1.99. The molecule has 1 aliphatic rings. The molecule has 1 aliphatic heterocycles. The van der Waals surface area contributed by atoms with Gasteiger partial charge in [0.15, 0.2) is 0 Å². The highest BCUT2D eigenvalue weighted by atomic mass is 28.4. The topological polar surface area (TPSA) is 67.9 Å². The van der Waals surface area contributed by atoms with Crippen LogP contribution in [0.4, 0.5) is 10.5 Å². The normalized spacial score (nSPS) is 17.6. The Balaban J connectivity index is 1.86. The van der Waals surface area contributed by atoms with Gasteiger partial charge in [0.05, 0.1) is 5.69 Å². The maximum Gasteiger partial charge on any atom is 0.408 e. The Morgan fingerprint density at radius 1 is 1.09 bits per heavy atom. The summed E-state index contributed by atoms with van der Waals surface area (Å²) in [4.78, 5) is 27.0. The molecular formula is C25H36N2O4Si. The fourth-order valence-electron chi connectivity index (χ4n) is 3.48. The van der Waals surface area contributed by atoms with Crippen molar-refractivity contribution in [3.63, 3.8) is 0 Å². The van der Waals surface area contributed by atoms with Gasteiger partial charge in [0.25, 0.3) is 0 Å². The highest BCUT2D eigenvalue weighted by Gasteiger charge is 2.39. The van der Waals surface area contributed by atoms with Crippen LogP contribution in [-0.4, -0.2) is 38.5 Å². The summed E-state index contributed by atoms with van der Waals surface area (Å²) in [6.45, 7) is 17.0. The first-order chi connectivity index (χ1) is 14.7. The average molecular weight is 457 g/mol. The van der Waals surface area contributed by atoms with E-state index in [0.29, 0.717) is 13.0 Å². The van der Waals surface area contributed by atoms with Gasteiger partial charge in [-0.05, 0) is 68.9 Å². The van der Waals surface area contributed by atoms with Gasteiger partial charge in [-0.3, -0.25) is 4.79 Å². The number of benzene rings is 2. The minimum atomic E-state index is -1.99. The summed E-state index contributed by atoms with van der Waals surface area (Å²) in [6, 6.07) is 11.4. The number of amides is 2. The zero-order valence-corrected chi connectivity index (χ0v) is 21.5. The molecule has 2 aromatic carbocycles. The summed E-state index contributed by atoms with van der Waals surface area (Å²) >= 11 is 0. The van der Waals surface area contributed by atoms with Gasteiger partial charge in [0, 0.05) is 11.9 Å². The maximum atomic E-state index is 13.1. The predicted octanol–water partition coefficient (Wildman–Crippen LogP) is 5.85. The van der Waals surface area contributed by atoms with Gasteiger partial charge >= 0.3 is 6.09 Å². The van der Waals surface area contributed by atoms with Crippen LogP contribution >= 0.6 is 0 Å². The number of fused-ring (bicyclic) bond motifs is 1. The lowest BCUT2D eigenvalue weighted by Gasteiger charge is -2.36. The first-order valence-electron chi connectivity index (χ1n) is 11.2. The lowest BCUT2D eigenvalue weighted by atomic mass is 10.1. The first-order valence-corrected chi connectivity index (χ1v) is 14.1. The molecule has 0 radical (unpaired) electrons. The lowest BCUT2D eigenvalue weighted by molar-refractivity contribution is -0.118. The molecule has 7 heteroatoms. The van der Waals surface area contributed by atoms with Gasteiger partial charge in [-0.15, -0.1) is 0 Å². The van der Waals surface area contributed by atoms with Crippen LogP contribution in [0.15, 0.2) is 36.4 Å². The number of anilines is 1. The van der Waals surface area contributed by atoms with Crippen molar-refractivity contribution in [3.8, 4) is 5.75 Å². The summed E-state index contributed by atoms with van der Waals surface area (Å²) in [5.74, 6) is 0.700. The molecule has 0 bridgehead atoms. The SMILES string of the molecule is CC(C)(C)OC(=O)N[C@H]1CCN(c2cccc3ccc(O[Si](C)(C)C(C)(C)C)cc23)C1=O. The molecule has 174 valence electrons. The molecule has 0 aromatic heterocycles. The Hall–Kier alpha value is -2.54. The Bertz CT molecular complexity index is 1020. The Labute approximate surface area is 192 Å². The van der Waals surface area contributed by atoms with Crippen molar-refractivity contribution in [3.05, 3.63) is 36.4 Å². The standard InChI is InChI=1S/C25H36N2O4Si/c1-24(2,3)30-23(29)26-20-14-15-27(22(20)28)21-11-9-10-17-12-13-18(16-19(17)21)31-32(7,8)25(4,5)6/h9-13,16,20H,14-15H2,1-8H3,(H,26,29)/t20-/m0/s1. The van der Waals surface area contributed by atoms with Crippen LogP contribution in [0.25, 0.3) is 10.8 Å². The third-order valence-electron chi connectivity index (χ3n) is 6.20. The van der Waals surface area contributed by atoms with Gasteiger partial charge < -0.3 is 19.4 Å². The van der Waals surface area contributed by atoms with E-state index in [1.165, 1.54) is 0 Å². The van der Waals surface area contributed by atoms with E-state index >= 15 is 0 Å². The number of nitrogens with zero attached hydrogens (tertiary/aromatic N) is 1. The van der Waals surface area contributed by atoms with Gasteiger partial charge in [-0.25, -0.2) is 4.79 Å². The first kappa shape index (κ1) is 24.1. The number of alkyl carbamates (subject to hydrolysis) is 1. The largest absolute Gasteiger partial charge is 0.543 e. The molecule has 0 saturated carbocycles. The van der Waals surface area contributed by atoms with Gasteiger partial charge in [0.1, 0.15) is 17.4 Å². The van der Waals surface area contributed by atoms with Crippen LogP contribution < -0.4 is 14.6 Å². The Morgan fingerprint density at radius 3 is 2.41 bits per heavy atom. The zero-order valence-electron chi connectivity index (χ0n) is 20.5. The van der Waals surface area contributed by atoms with Crippen molar-refractivity contribution in [2.24, 2.45) is 0 Å². The van der Waals surface area contributed by atoms with Crippen molar-refractivity contribution in [2.45, 2.75) is 77.7 Å². The van der Waals surface area contributed by atoms with Gasteiger partial charge in [-0.1, -0.05) is 39.0 Å². The molecule has 32 heavy (non-hydrogen) atoms. The smallest absolute Gasteiger partial charge is 0.408 e. The van der Waals surface area contributed by atoms with E-state index in [1.807, 2.05) is 36.4 Å². The molecule has 1 atom stereocenters. The molecule has 3 rings (SSSR count). The predicted molar refractivity (Wildman–Crippen MR) is 132 cm³/mol. The molecule has 1 fully saturated rings. The van der Waals surface area contributed by atoms with Crippen LogP contribution in [0, 0.1) is 0 Å². The molecule has 1 N–H and O–H groups in total. The summed E-state index contributed by atoms with van der Waals surface area (Å²) in [5.41, 5.74) is 0.225. The molecule has 0 spiro atoms. The van der Waals surface area contributed by atoms with E-state index in [1.54, 1.807) is 25.7 Å². The monoisotopic (exact) mass is 456 g/mol.